The molecule has 9 heteroatoms. The Hall–Kier alpha value is -3.10. The van der Waals surface area contributed by atoms with E-state index in [0.29, 0.717) is 15.9 Å². The second-order valence-electron chi connectivity index (χ2n) is 8.09. The molecule has 3 rings (SSSR count). The van der Waals surface area contributed by atoms with Gasteiger partial charge < -0.3 is 15.1 Å². The molecule has 3 aromatic rings. The van der Waals surface area contributed by atoms with Gasteiger partial charge in [-0.05, 0) is 61.9 Å². The van der Waals surface area contributed by atoms with Crippen LogP contribution in [0.1, 0.15) is 17.0 Å². The molecule has 0 saturated carbocycles. The average Bonchev–Trinajstić information content (AvgIpc) is 2.78. The van der Waals surface area contributed by atoms with E-state index in [1.165, 1.54) is 16.7 Å². The lowest BCUT2D eigenvalue weighted by Crippen LogP contribution is -2.38. The minimum Gasteiger partial charge on any atom is -0.378 e. The normalized spacial score (nSPS) is 10.6. The summed E-state index contributed by atoms with van der Waals surface area (Å²) in [5, 5.41) is 4.03. The molecule has 0 unspecified atom stereocenters. The van der Waals surface area contributed by atoms with Crippen LogP contribution in [0.5, 0.6) is 0 Å². The highest BCUT2D eigenvalue weighted by molar-refractivity contribution is 7.99. The second-order valence-corrected chi connectivity index (χ2v) is 9.47. The number of aromatic nitrogens is 2. The van der Waals surface area contributed by atoms with Gasteiger partial charge in [0, 0.05) is 48.4 Å². The van der Waals surface area contributed by atoms with E-state index in [0.717, 1.165) is 22.6 Å². The number of nitrogens with one attached hydrogen (secondary N) is 1. The second kappa shape index (κ2) is 11.9. The van der Waals surface area contributed by atoms with E-state index in [-0.39, 0.29) is 30.7 Å². The Balaban J connectivity index is 1.69. The van der Waals surface area contributed by atoms with Crippen molar-refractivity contribution in [2.75, 3.05) is 36.6 Å². The van der Waals surface area contributed by atoms with Gasteiger partial charge in [-0.1, -0.05) is 35.5 Å². The number of aryl methyl sites for hydroxylation is 2. The molecule has 2 amide bonds. The van der Waals surface area contributed by atoms with Crippen molar-refractivity contribution >= 4 is 46.6 Å². The summed E-state index contributed by atoms with van der Waals surface area (Å²) in [5.74, 6) is -0.324. The number of hydrogen-bond donors (Lipinski definition) is 1. The minimum absolute atomic E-state index is 0.0782. The molecule has 0 aliphatic heterocycles. The van der Waals surface area contributed by atoms with Crippen LogP contribution in [0, 0.1) is 13.8 Å². The van der Waals surface area contributed by atoms with Gasteiger partial charge in [0.1, 0.15) is 6.54 Å². The third-order valence-electron chi connectivity index (χ3n) is 4.93. The first-order valence-electron chi connectivity index (χ1n) is 10.7. The predicted octanol–water partition coefficient (Wildman–Crippen LogP) is 4.57. The Morgan fingerprint density at radius 2 is 1.59 bits per heavy atom. The van der Waals surface area contributed by atoms with Crippen molar-refractivity contribution in [3.05, 3.63) is 76.6 Å². The number of halogens is 1. The van der Waals surface area contributed by atoms with Gasteiger partial charge in [0.2, 0.25) is 11.8 Å². The first kappa shape index (κ1) is 25.5. The van der Waals surface area contributed by atoms with E-state index in [4.69, 9.17) is 11.6 Å². The van der Waals surface area contributed by atoms with E-state index in [1.54, 1.807) is 12.1 Å². The van der Waals surface area contributed by atoms with Crippen LogP contribution in [0.4, 0.5) is 11.4 Å². The molecule has 1 aromatic heterocycles. The largest absolute Gasteiger partial charge is 0.378 e. The van der Waals surface area contributed by atoms with Crippen LogP contribution in [0.25, 0.3) is 0 Å². The fraction of sp³-hybridized carbons (Fsp3) is 0.280. The third kappa shape index (κ3) is 7.74. The summed E-state index contributed by atoms with van der Waals surface area (Å²) in [5.41, 5.74) is 4.28. The zero-order chi connectivity index (χ0) is 24.7. The zero-order valence-electron chi connectivity index (χ0n) is 19.7. The molecule has 0 saturated heterocycles. The van der Waals surface area contributed by atoms with Gasteiger partial charge in [0.05, 0.1) is 5.75 Å². The number of anilines is 2. The Morgan fingerprint density at radius 3 is 2.18 bits per heavy atom. The van der Waals surface area contributed by atoms with E-state index in [1.807, 2.05) is 75.3 Å². The maximum atomic E-state index is 13.1. The lowest BCUT2D eigenvalue weighted by molar-refractivity contribution is -0.132. The quantitative estimate of drug-likeness (QED) is 0.344. The van der Waals surface area contributed by atoms with Crippen LogP contribution in [0.2, 0.25) is 5.02 Å². The summed E-state index contributed by atoms with van der Waals surface area (Å²) < 4.78 is 0. The molecule has 34 heavy (non-hydrogen) atoms. The summed E-state index contributed by atoms with van der Waals surface area (Å²) in [7, 11) is 3.91. The van der Waals surface area contributed by atoms with Crippen molar-refractivity contribution in [1.82, 2.24) is 14.9 Å². The molecule has 0 aliphatic rings. The highest BCUT2D eigenvalue weighted by atomic mass is 35.5. The van der Waals surface area contributed by atoms with Gasteiger partial charge in [-0.25, -0.2) is 9.97 Å². The number of amides is 2. The first-order valence-corrected chi connectivity index (χ1v) is 12.1. The molecule has 1 N–H and O–H groups in total. The van der Waals surface area contributed by atoms with E-state index in [9.17, 15) is 9.59 Å². The number of rotatable bonds is 9. The third-order valence-corrected chi connectivity index (χ3v) is 6.01. The van der Waals surface area contributed by atoms with Gasteiger partial charge in [-0.3, -0.25) is 9.59 Å². The molecule has 0 bridgehead atoms. The Morgan fingerprint density at radius 1 is 0.971 bits per heavy atom. The lowest BCUT2D eigenvalue weighted by Gasteiger charge is -2.22. The summed E-state index contributed by atoms with van der Waals surface area (Å²) in [6, 6.07) is 16.6. The number of benzene rings is 2. The molecule has 2 aromatic carbocycles. The number of thioether (sulfide) groups is 1. The number of carbonyl (C=O) groups is 2. The highest BCUT2D eigenvalue weighted by Gasteiger charge is 2.19. The van der Waals surface area contributed by atoms with E-state index >= 15 is 0 Å². The smallest absolute Gasteiger partial charge is 0.244 e. The van der Waals surface area contributed by atoms with Crippen LogP contribution in [-0.4, -0.2) is 53.1 Å². The Kier molecular flexibility index (Phi) is 8.90. The zero-order valence-corrected chi connectivity index (χ0v) is 21.3. The minimum atomic E-state index is -0.271. The van der Waals surface area contributed by atoms with Gasteiger partial charge in [-0.15, -0.1) is 0 Å². The summed E-state index contributed by atoms with van der Waals surface area (Å²) in [6.07, 6.45) is 0. The average molecular weight is 498 g/mol. The van der Waals surface area contributed by atoms with Crippen molar-refractivity contribution in [2.24, 2.45) is 0 Å². The topological polar surface area (TPSA) is 78.4 Å². The molecule has 0 radical (unpaired) electrons. The standard InChI is InChI=1S/C25H28ClN5O2S/c1-17-13-18(2)28-25(27-17)34-16-24(33)31(14-19-5-7-20(26)8-6-19)15-23(32)29-21-9-11-22(12-10-21)30(3)4/h5-13H,14-16H2,1-4H3,(H,29,32). The summed E-state index contributed by atoms with van der Waals surface area (Å²) in [4.78, 5) is 38.2. The highest BCUT2D eigenvalue weighted by Crippen LogP contribution is 2.18. The van der Waals surface area contributed by atoms with Crippen LogP contribution >= 0.6 is 23.4 Å². The summed E-state index contributed by atoms with van der Waals surface area (Å²) >= 11 is 7.26. The van der Waals surface area contributed by atoms with E-state index in [2.05, 4.69) is 15.3 Å². The molecule has 0 atom stereocenters. The van der Waals surface area contributed by atoms with Crippen molar-refractivity contribution in [3.8, 4) is 0 Å². The van der Waals surface area contributed by atoms with Gasteiger partial charge >= 0.3 is 0 Å². The number of hydrogen-bond acceptors (Lipinski definition) is 6. The molecule has 0 aliphatic carbocycles. The molecular weight excluding hydrogens is 470 g/mol. The summed E-state index contributed by atoms with van der Waals surface area (Å²) in [6.45, 7) is 3.99. The molecule has 0 spiro atoms. The molecule has 0 fully saturated rings. The van der Waals surface area contributed by atoms with Gasteiger partial charge in [-0.2, -0.15) is 0 Å². The van der Waals surface area contributed by atoms with Gasteiger partial charge in [0.15, 0.2) is 5.16 Å². The maximum absolute atomic E-state index is 13.1. The number of nitrogens with zero attached hydrogens (tertiary/aromatic N) is 4. The van der Waals surface area contributed by atoms with Crippen molar-refractivity contribution in [3.63, 3.8) is 0 Å². The van der Waals surface area contributed by atoms with Crippen LogP contribution in [-0.2, 0) is 16.1 Å². The molecule has 1 heterocycles. The fourth-order valence-corrected chi connectivity index (χ4v) is 4.21. The molecule has 7 nitrogen and oxygen atoms in total. The number of carbonyl (C=O) groups excluding carboxylic acids is 2. The van der Waals surface area contributed by atoms with Gasteiger partial charge in [0.25, 0.3) is 0 Å². The SMILES string of the molecule is Cc1cc(C)nc(SCC(=O)N(CC(=O)Nc2ccc(N(C)C)cc2)Cc2ccc(Cl)cc2)n1. The Bertz CT molecular complexity index is 1120. The predicted molar refractivity (Wildman–Crippen MR) is 138 cm³/mol. The first-order chi connectivity index (χ1) is 16.2. The molecule has 178 valence electrons. The van der Waals surface area contributed by atoms with E-state index < -0.39 is 0 Å². The van der Waals surface area contributed by atoms with Crippen molar-refractivity contribution in [1.29, 1.82) is 0 Å². The molecular formula is C25H28ClN5O2S. The fourth-order valence-electron chi connectivity index (χ4n) is 3.23. The maximum Gasteiger partial charge on any atom is 0.244 e. The van der Waals surface area contributed by atoms with Crippen molar-refractivity contribution in [2.45, 2.75) is 25.5 Å². The van der Waals surface area contributed by atoms with Crippen LogP contribution in [0.3, 0.4) is 0 Å². The van der Waals surface area contributed by atoms with Crippen molar-refractivity contribution < 1.29 is 9.59 Å². The van der Waals surface area contributed by atoms with Crippen LogP contribution in [0.15, 0.2) is 59.8 Å². The monoisotopic (exact) mass is 497 g/mol. The van der Waals surface area contributed by atoms with Crippen LogP contribution < -0.4 is 10.2 Å². The Labute approximate surface area is 209 Å². The lowest BCUT2D eigenvalue weighted by atomic mass is 10.2.